The molecule has 0 bridgehead atoms. The van der Waals surface area contributed by atoms with Crippen LogP contribution >= 0.6 is 15.9 Å². The molecule has 3 heteroatoms. The number of fused-ring (bicyclic) bond motifs is 7. The highest BCUT2D eigenvalue weighted by Crippen LogP contribution is 2.34. The van der Waals surface area contributed by atoms with Gasteiger partial charge in [-0.15, -0.1) is 0 Å². The Hall–Kier alpha value is -4.08. The van der Waals surface area contributed by atoms with Crippen molar-refractivity contribution in [2.75, 3.05) is 0 Å². The molecule has 0 N–H and O–H groups in total. The van der Waals surface area contributed by atoms with E-state index in [1.807, 2.05) is 0 Å². The number of hydrogen-bond acceptors (Lipinski definition) is 0. The van der Waals surface area contributed by atoms with Gasteiger partial charge in [-0.2, -0.15) is 0 Å². The van der Waals surface area contributed by atoms with Crippen LogP contribution in [0.4, 0.5) is 0 Å². The van der Waals surface area contributed by atoms with Crippen LogP contribution in [-0.2, 0) is 0 Å². The lowest BCUT2D eigenvalue weighted by Gasteiger charge is -2.13. The fourth-order valence-corrected chi connectivity index (χ4v) is 6.65. The first-order chi connectivity index (χ1) is 18.3. The van der Waals surface area contributed by atoms with Crippen molar-refractivity contribution in [3.05, 3.63) is 132 Å². The summed E-state index contributed by atoms with van der Waals surface area (Å²) in [4.78, 5) is 0. The van der Waals surface area contributed by atoms with E-state index >= 15 is 0 Å². The summed E-state index contributed by atoms with van der Waals surface area (Å²) in [6, 6.07) is 46.8. The lowest BCUT2D eigenvalue weighted by atomic mass is 9.39. The predicted molar refractivity (Wildman–Crippen MR) is 163 cm³/mol. The number of nitrogens with zero attached hydrogens (tertiary/aromatic N) is 1. The summed E-state index contributed by atoms with van der Waals surface area (Å²) in [5.41, 5.74) is 10.5. The number of halogens is 1. The second-order valence-electron chi connectivity index (χ2n) is 9.92. The van der Waals surface area contributed by atoms with Crippen LogP contribution in [0.2, 0.25) is 0 Å². The van der Waals surface area contributed by atoms with Gasteiger partial charge in [0.05, 0.1) is 11.0 Å². The predicted octanol–water partition coefficient (Wildman–Crippen LogP) is 7.20. The Labute approximate surface area is 224 Å². The lowest BCUT2D eigenvalue weighted by Crippen LogP contribution is -2.48. The topological polar surface area (TPSA) is 4.93 Å². The normalized spacial score (nSPS) is 12.4. The largest absolute Gasteiger partial charge is 0.309 e. The van der Waals surface area contributed by atoms with Gasteiger partial charge in [-0.1, -0.05) is 123 Å². The first kappa shape index (κ1) is 21.1. The zero-order valence-corrected chi connectivity index (χ0v) is 21.6. The van der Waals surface area contributed by atoms with Crippen LogP contribution in [0.15, 0.2) is 132 Å². The van der Waals surface area contributed by atoms with Crippen molar-refractivity contribution in [3.8, 4) is 16.8 Å². The van der Waals surface area contributed by atoms with Crippen LogP contribution in [0, 0.1) is 0 Å². The number of hydrogen-bond donors (Lipinski definition) is 0. The smallest absolute Gasteiger partial charge is 0.242 e. The molecule has 1 aliphatic rings. The maximum absolute atomic E-state index is 3.71. The molecular weight excluding hydrogens is 513 g/mol. The Morgan fingerprint density at radius 1 is 0.514 bits per heavy atom. The molecule has 2 heterocycles. The van der Waals surface area contributed by atoms with Gasteiger partial charge >= 0.3 is 0 Å². The van der Waals surface area contributed by atoms with Gasteiger partial charge in [0.25, 0.3) is 0 Å². The summed E-state index contributed by atoms with van der Waals surface area (Å²) in [6.07, 6.45) is 0. The van der Waals surface area contributed by atoms with E-state index in [1.54, 1.807) is 0 Å². The van der Waals surface area contributed by atoms with E-state index in [-0.39, 0.29) is 6.71 Å². The van der Waals surface area contributed by atoms with Gasteiger partial charge in [-0.05, 0) is 58.3 Å². The Bertz CT molecular complexity index is 2000. The van der Waals surface area contributed by atoms with E-state index in [0.29, 0.717) is 0 Å². The molecule has 0 radical (unpaired) electrons. The Balaban J connectivity index is 1.41. The Kier molecular flexibility index (Phi) is 4.53. The SMILES string of the molecule is Brc1ccc2c3cc(B4c5ccccc5-c5cc6ccccc6cc54)ccc3n(-c3ccccc3)c2c1. The van der Waals surface area contributed by atoms with Crippen LogP contribution < -0.4 is 16.4 Å². The van der Waals surface area contributed by atoms with Crippen molar-refractivity contribution in [2.45, 2.75) is 0 Å². The van der Waals surface area contributed by atoms with E-state index < -0.39 is 0 Å². The molecule has 8 rings (SSSR count). The van der Waals surface area contributed by atoms with E-state index in [2.05, 4.69) is 148 Å². The Morgan fingerprint density at radius 2 is 1.27 bits per heavy atom. The summed E-state index contributed by atoms with van der Waals surface area (Å²) in [5.74, 6) is 0. The number of para-hydroxylation sites is 1. The van der Waals surface area contributed by atoms with Crippen LogP contribution in [0.1, 0.15) is 0 Å². The maximum Gasteiger partial charge on any atom is 0.242 e. The molecule has 0 amide bonds. The minimum Gasteiger partial charge on any atom is -0.309 e. The standard InChI is InChI=1S/C34H21BBrN/c36-25-15-16-28-30-20-24(14-17-33(30)37(34(28)21-25)26-10-2-1-3-11-26)35-31-13-7-6-12-27(31)29-18-22-8-4-5-9-23(22)19-32(29)35/h1-21H. The molecule has 1 aromatic heterocycles. The van der Waals surface area contributed by atoms with Gasteiger partial charge in [-0.3, -0.25) is 0 Å². The molecule has 0 atom stereocenters. The molecule has 0 saturated heterocycles. The third-order valence-corrected chi connectivity index (χ3v) is 8.38. The van der Waals surface area contributed by atoms with Crippen molar-refractivity contribution in [1.82, 2.24) is 4.57 Å². The van der Waals surface area contributed by atoms with Crippen molar-refractivity contribution in [1.29, 1.82) is 0 Å². The van der Waals surface area contributed by atoms with E-state index in [1.165, 1.54) is 65.8 Å². The van der Waals surface area contributed by atoms with Crippen molar-refractivity contribution in [2.24, 2.45) is 0 Å². The minimum atomic E-state index is 0.214. The zero-order chi connectivity index (χ0) is 24.5. The van der Waals surface area contributed by atoms with E-state index in [4.69, 9.17) is 0 Å². The fraction of sp³-hybridized carbons (Fsp3) is 0. The highest BCUT2D eigenvalue weighted by molar-refractivity contribution is 9.10. The first-order valence-electron chi connectivity index (χ1n) is 12.7. The van der Waals surface area contributed by atoms with Gasteiger partial charge in [-0.25, -0.2) is 0 Å². The summed E-state index contributed by atoms with van der Waals surface area (Å²) >= 11 is 3.71. The van der Waals surface area contributed by atoms with Crippen LogP contribution in [0.25, 0.3) is 49.4 Å². The molecule has 172 valence electrons. The van der Waals surface area contributed by atoms with Crippen molar-refractivity contribution < 1.29 is 0 Å². The Morgan fingerprint density at radius 3 is 2.14 bits per heavy atom. The van der Waals surface area contributed by atoms with Gasteiger partial charge in [0, 0.05) is 20.9 Å². The molecule has 37 heavy (non-hydrogen) atoms. The van der Waals surface area contributed by atoms with Crippen molar-refractivity contribution >= 4 is 71.6 Å². The number of benzene rings is 6. The number of rotatable bonds is 2. The van der Waals surface area contributed by atoms with Gasteiger partial charge in [0.15, 0.2) is 0 Å². The minimum absolute atomic E-state index is 0.214. The van der Waals surface area contributed by atoms with Crippen LogP contribution in [0.5, 0.6) is 0 Å². The molecule has 7 aromatic rings. The summed E-state index contributed by atoms with van der Waals surface area (Å²) in [5, 5.41) is 5.15. The highest BCUT2D eigenvalue weighted by Gasteiger charge is 2.33. The third kappa shape index (κ3) is 3.11. The third-order valence-electron chi connectivity index (χ3n) is 7.89. The molecular formula is C34H21BBrN. The molecule has 0 spiro atoms. The summed E-state index contributed by atoms with van der Waals surface area (Å²) in [6.45, 7) is 0.214. The molecule has 0 unspecified atom stereocenters. The lowest BCUT2D eigenvalue weighted by molar-refractivity contribution is 1.18. The zero-order valence-electron chi connectivity index (χ0n) is 20.0. The summed E-state index contributed by atoms with van der Waals surface area (Å²) < 4.78 is 3.47. The molecule has 0 saturated carbocycles. The van der Waals surface area contributed by atoms with Crippen LogP contribution in [0.3, 0.4) is 0 Å². The molecule has 6 aromatic carbocycles. The average molecular weight is 534 g/mol. The quantitative estimate of drug-likeness (QED) is 0.207. The van der Waals surface area contributed by atoms with Gasteiger partial charge < -0.3 is 4.57 Å². The molecule has 0 fully saturated rings. The fourth-order valence-electron chi connectivity index (χ4n) is 6.30. The highest BCUT2D eigenvalue weighted by atomic mass is 79.9. The molecule has 1 nitrogen and oxygen atoms in total. The average Bonchev–Trinajstić information content (AvgIpc) is 3.43. The van der Waals surface area contributed by atoms with Gasteiger partial charge in [0.2, 0.25) is 6.71 Å². The first-order valence-corrected chi connectivity index (χ1v) is 13.5. The monoisotopic (exact) mass is 533 g/mol. The maximum atomic E-state index is 3.71. The van der Waals surface area contributed by atoms with Gasteiger partial charge in [0.1, 0.15) is 0 Å². The number of aromatic nitrogens is 1. The van der Waals surface area contributed by atoms with E-state index in [0.717, 1.165) is 4.47 Å². The molecule has 0 aliphatic carbocycles. The second kappa shape index (κ2) is 7.96. The second-order valence-corrected chi connectivity index (χ2v) is 10.8. The molecule has 1 aliphatic heterocycles. The van der Waals surface area contributed by atoms with Crippen molar-refractivity contribution in [3.63, 3.8) is 0 Å². The van der Waals surface area contributed by atoms with E-state index in [9.17, 15) is 0 Å². The van der Waals surface area contributed by atoms with Crippen LogP contribution in [-0.4, -0.2) is 11.3 Å². The summed E-state index contributed by atoms with van der Waals surface area (Å²) in [7, 11) is 0.